The van der Waals surface area contributed by atoms with Crippen LogP contribution in [0.5, 0.6) is 0 Å². The van der Waals surface area contributed by atoms with Crippen molar-refractivity contribution in [3.8, 4) is 0 Å². The largest absolute Gasteiger partial charge is 1.00 e. The van der Waals surface area contributed by atoms with Crippen molar-refractivity contribution in [2.24, 2.45) is 0 Å². The minimum Gasteiger partial charge on any atom is -0.543 e. The van der Waals surface area contributed by atoms with Gasteiger partial charge in [-0.25, -0.2) is 0 Å². The summed E-state index contributed by atoms with van der Waals surface area (Å²) in [4.78, 5) is 60.7. The molecule has 2 aliphatic rings. The molecule has 0 saturated carbocycles. The number of thioether (sulfide) groups is 1. The normalized spacial score (nSPS) is 19.9. The number of ketones is 1. The van der Waals surface area contributed by atoms with Gasteiger partial charge in [0, 0.05) is 16.2 Å². The van der Waals surface area contributed by atoms with Gasteiger partial charge in [-0.1, -0.05) is 6.07 Å². The van der Waals surface area contributed by atoms with Gasteiger partial charge in [0.25, 0.3) is 5.91 Å². The van der Waals surface area contributed by atoms with Crippen LogP contribution >= 0.6 is 23.1 Å². The number of esters is 1. The maximum absolute atomic E-state index is 12.5. The number of hydrogen-bond donors (Lipinski definition) is 1. The van der Waals surface area contributed by atoms with Crippen LogP contribution < -0.4 is 40.0 Å². The molecule has 3 heterocycles. The number of rotatable bonds is 8. The zero-order valence-corrected chi connectivity index (χ0v) is 20.0. The molecule has 1 aromatic heterocycles. The summed E-state index contributed by atoms with van der Waals surface area (Å²) in [5, 5.41) is 15.5. The average Bonchev–Trinajstić information content (AvgIpc) is 3.15. The van der Waals surface area contributed by atoms with Gasteiger partial charge < -0.3 is 20.0 Å². The molecule has 0 unspecified atom stereocenters. The molecule has 30 heavy (non-hydrogen) atoms. The van der Waals surface area contributed by atoms with Crippen LogP contribution in [-0.4, -0.2) is 58.2 Å². The van der Waals surface area contributed by atoms with E-state index in [9.17, 15) is 29.1 Å². The van der Waals surface area contributed by atoms with E-state index in [2.05, 4.69) is 5.32 Å². The Morgan fingerprint density at radius 1 is 1.33 bits per heavy atom. The number of nitrogens with one attached hydrogen (secondary N) is 1. The Morgan fingerprint density at radius 3 is 2.67 bits per heavy atom. The van der Waals surface area contributed by atoms with Gasteiger partial charge >= 0.3 is 35.5 Å². The quantitative estimate of drug-likeness (QED) is 0.181. The monoisotopic (exact) mass is 460 g/mol. The minimum atomic E-state index is -1.57. The average molecular weight is 460 g/mol. The molecule has 2 atom stereocenters. The number of aliphatic carboxylic acids is 1. The minimum absolute atomic E-state index is 0. The van der Waals surface area contributed by atoms with Gasteiger partial charge in [0.1, 0.15) is 30.2 Å². The smallest absolute Gasteiger partial charge is 0.543 e. The number of hydrogen-bond acceptors (Lipinski definition) is 9. The Balaban J connectivity index is 0.00000320. The zero-order valence-electron chi connectivity index (χ0n) is 16.3. The van der Waals surface area contributed by atoms with Crippen LogP contribution in [0.4, 0.5) is 0 Å². The summed E-state index contributed by atoms with van der Waals surface area (Å²) in [6.07, 6.45) is -0.274. The van der Waals surface area contributed by atoms with Gasteiger partial charge in [0.2, 0.25) is 5.91 Å². The van der Waals surface area contributed by atoms with E-state index in [-0.39, 0.29) is 71.3 Å². The van der Waals surface area contributed by atoms with Gasteiger partial charge in [-0.05, 0) is 18.4 Å². The van der Waals surface area contributed by atoms with Crippen LogP contribution in [0, 0.1) is 0 Å². The summed E-state index contributed by atoms with van der Waals surface area (Å²) in [6, 6.07) is 2.80. The standard InChI is InChI=1S/C18H18N2O7S2.Na/c1-9(21)5-13(23)27-7-10-8-29-17-14(16(24)20(17)15(10)18(25)26)19-12(22)6-11-3-2-4-28-11;/h2-4,14,17H,5-8H2,1H3,(H,19,22)(H,25,26);/q;+1/p-1/t14-,17+;/m1./s1. The third-order valence-corrected chi connectivity index (χ3v) is 6.49. The number of fused-ring (bicyclic) bond motifs is 1. The molecule has 2 amide bonds. The Labute approximate surface area is 202 Å². The number of carboxylic acid groups (broad SMARTS) is 1. The molecule has 0 bridgehead atoms. The second-order valence-corrected chi connectivity index (χ2v) is 8.63. The molecule has 12 heteroatoms. The molecule has 1 fully saturated rings. The van der Waals surface area contributed by atoms with Crippen LogP contribution in [0.2, 0.25) is 0 Å². The number of carboxylic acids is 1. The van der Waals surface area contributed by atoms with Crippen molar-refractivity contribution in [1.29, 1.82) is 0 Å². The molecular formula is C18H17N2NaO7S2. The van der Waals surface area contributed by atoms with Crippen LogP contribution in [0.3, 0.4) is 0 Å². The molecule has 3 rings (SSSR count). The molecule has 0 aliphatic carbocycles. The number of carbonyl (C=O) groups is 5. The summed E-state index contributed by atoms with van der Waals surface area (Å²) >= 11 is 2.68. The third kappa shape index (κ3) is 5.52. The van der Waals surface area contributed by atoms with E-state index in [4.69, 9.17) is 4.74 Å². The van der Waals surface area contributed by atoms with E-state index in [0.29, 0.717) is 0 Å². The van der Waals surface area contributed by atoms with Crippen molar-refractivity contribution in [2.75, 3.05) is 12.4 Å². The molecule has 1 saturated heterocycles. The van der Waals surface area contributed by atoms with Crippen LogP contribution in [0.1, 0.15) is 18.2 Å². The first kappa shape index (κ1) is 24.6. The molecule has 0 radical (unpaired) electrons. The van der Waals surface area contributed by atoms with Gasteiger partial charge in [0.05, 0.1) is 18.1 Å². The molecule has 0 spiro atoms. The fourth-order valence-electron chi connectivity index (χ4n) is 3.00. The maximum atomic E-state index is 12.5. The van der Waals surface area contributed by atoms with Crippen molar-refractivity contribution in [3.63, 3.8) is 0 Å². The Kier molecular flexibility index (Phi) is 8.68. The molecule has 9 nitrogen and oxygen atoms in total. The molecule has 1 N–H and O–H groups in total. The molecule has 2 aliphatic heterocycles. The third-order valence-electron chi connectivity index (χ3n) is 4.27. The number of nitrogens with zero attached hydrogens (tertiary/aromatic N) is 1. The van der Waals surface area contributed by atoms with Crippen molar-refractivity contribution < 1.29 is 63.4 Å². The topological polar surface area (TPSA) is 133 Å². The number of ether oxygens (including phenoxy) is 1. The number of Topliss-reactive ketones (excluding diaryl/α,β-unsaturated/α-hetero) is 1. The second kappa shape index (κ2) is 10.6. The van der Waals surface area contributed by atoms with Crippen molar-refractivity contribution in [3.05, 3.63) is 33.7 Å². The van der Waals surface area contributed by atoms with Gasteiger partial charge in [-0.2, -0.15) is 0 Å². The van der Waals surface area contributed by atoms with Gasteiger partial charge in [-0.3, -0.25) is 24.1 Å². The predicted molar refractivity (Wildman–Crippen MR) is 101 cm³/mol. The Bertz CT molecular complexity index is 900. The van der Waals surface area contributed by atoms with Gasteiger partial charge in [0.15, 0.2) is 0 Å². The van der Waals surface area contributed by atoms with Crippen LogP contribution in [0.15, 0.2) is 28.8 Å². The number of β-lactam (4-membered cyclic amide) rings is 1. The predicted octanol–water partition coefficient (Wildman–Crippen LogP) is -3.78. The van der Waals surface area contributed by atoms with E-state index >= 15 is 0 Å². The zero-order chi connectivity index (χ0) is 21.1. The van der Waals surface area contributed by atoms with Crippen molar-refractivity contribution in [2.45, 2.75) is 31.2 Å². The van der Waals surface area contributed by atoms with E-state index in [1.54, 1.807) is 0 Å². The summed E-state index contributed by atoms with van der Waals surface area (Å²) in [5.41, 5.74) is -0.141. The Morgan fingerprint density at radius 2 is 2.07 bits per heavy atom. The maximum Gasteiger partial charge on any atom is 1.00 e. The first-order valence-corrected chi connectivity index (χ1v) is 10.6. The van der Waals surface area contributed by atoms with Crippen molar-refractivity contribution >= 4 is 52.6 Å². The number of amides is 2. The number of carbonyl (C=O) groups excluding carboxylic acids is 5. The molecule has 0 aromatic carbocycles. The van der Waals surface area contributed by atoms with E-state index in [1.165, 1.54) is 30.0 Å². The number of thiophene rings is 1. The SMILES string of the molecule is CC(=O)CC(=O)OCC1=C(C(=O)[O-])N2C(=O)[C@@H](NC(=O)Cc3cccs3)[C@@H]2SC1.[Na+]. The molecule has 154 valence electrons. The van der Waals surface area contributed by atoms with Crippen LogP contribution in [0.25, 0.3) is 0 Å². The molecular weight excluding hydrogens is 443 g/mol. The summed E-state index contributed by atoms with van der Waals surface area (Å²) in [6.45, 7) is 0.883. The van der Waals surface area contributed by atoms with E-state index in [0.717, 1.165) is 9.78 Å². The molecule has 1 aromatic rings. The second-order valence-electron chi connectivity index (χ2n) is 6.49. The fraction of sp³-hybridized carbons (Fsp3) is 0.389. The fourth-order valence-corrected chi connectivity index (χ4v) is 5.03. The van der Waals surface area contributed by atoms with Crippen LogP contribution in [-0.2, 0) is 35.1 Å². The Hall–Kier alpha value is -1.66. The summed E-state index contributed by atoms with van der Waals surface area (Å²) in [5.74, 6) is -3.42. The summed E-state index contributed by atoms with van der Waals surface area (Å²) in [7, 11) is 0. The van der Waals surface area contributed by atoms with Crippen molar-refractivity contribution in [1.82, 2.24) is 10.2 Å². The first-order valence-electron chi connectivity index (χ1n) is 8.62. The van der Waals surface area contributed by atoms with E-state index in [1.807, 2.05) is 17.5 Å². The first-order chi connectivity index (χ1) is 13.8. The van der Waals surface area contributed by atoms with Gasteiger partial charge in [-0.15, -0.1) is 23.1 Å². The summed E-state index contributed by atoms with van der Waals surface area (Å²) < 4.78 is 4.94. The van der Waals surface area contributed by atoms with E-state index < -0.39 is 35.7 Å².